The highest BCUT2D eigenvalue weighted by Crippen LogP contribution is 2.45. The molecule has 0 bridgehead atoms. The molecule has 0 spiro atoms. The number of halogens is 1. The number of nitrogens with one attached hydrogen (secondary N) is 2. The van der Waals surface area contributed by atoms with Crippen molar-refractivity contribution in [1.29, 1.82) is 0 Å². The van der Waals surface area contributed by atoms with E-state index in [0.29, 0.717) is 15.6 Å². The summed E-state index contributed by atoms with van der Waals surface area (Å²) >= 11 is 1.28. The SMILES string of the molecule is Cc1c(C(=O)Nc2ccccc2)sc2c1C(c1ccc(F)cc1)CC(=O)N2. The fourth-order valence-electron chi connectivity index (χ4n) is 3.41. The van der Waals surface area contributed by atoms with Crippen molar-refractivity contribution < 1.29 is 14.0 Å². The lowest BCUT2D eigenvalue weighted by Crippen LogP contribution is -2.22. The number of benzene rings is 2. The molecule has 0 aliphatic carbocycles. The van der Waals surface area contributed by atoms with Gasteiger partial charge in [0.05, 0.1) is 9.88 Å². The van der Waals surface area contributed by atoms with Gasteiger partial charge >= 0.3 is 0 Å². The molecule has 1 aromatic heterocycles. The van der Waals surface area contributed by atoms with Crippen molar-refractivity contribution in [2.75, 3.05) is 10.6 Å². The van der Waals surface area contributed by atoms with Crippen LogP contribution in [-0.2, 0) is 4.79 Å². The molecular formula is C21H17FN2O2S. The van der Waals surface area contributed by atoms with Crippen LogP contribution in [0.5, 0.6) is 0 Å². The molecule has 2 amide bonds. The lowest BCUT2D eigenvalue weighted by Gasteiger charge is -2.24. The lowest BCUT2D eigenvalue weighted by atomic mass is 9.85. The predicted molar refractivity (Wildman–Crippen MR) is 105 cm³/mol. The summed E-state index contributed by atoms with van der Waals surface area (Å²) in [6, 6.07) is 15.4. The maximum Gasteiger partial charge on any atom is 0.266 e. The lowest BCUT2D eigenvalue weighted by molar-refractivity contribution is -0.116. The molecule has 1 atom stereocenters. The summed E-state index contributed by atoms with van der Waals surface area (Å²) in [5, 5.41) is 6.46. The second-order valence-electron chi connectivity index (χ2n) is 6.48. The third-order valence-corrected chi connectivity index (χ3v) is 5.92. The predicted octanol–water partition coefficient (Wildman–Crippen LogP) is 4.92. The average Bonchev–Trinajstić information content (AvgIpc) is 2.99. The van der Waals surface area contributed by atoms with Crippen molar-refractivity contribution in [3.63, 3.8) is 0 Å². The van der Waals surface area contributed by atoms with E-state index in [9.17, 15) is 14.0 Å². The van der Waals surface area contributed by atoms with Gasteiger partial charge in [0.25, 0.3) is 5.91 Å². The monoisotopic (exact) mass is 380 g/mol. The highest BCUT2D eigenvalue weighted by Gasteiger charge is 2.32. The fraction of sp³-hybridized carbons (Fsp3) is 0.143. The van der Waals surface area contributed by atoms with Crippen molar-refractivity contribution >= 4 is 33.8 Å². The van der Waals surface area contributed by atoms with Gasteiger partial charge in [-0.3, -0.25) is 9.59 Å². The number of carbonyl (C=O) groups excluding carboxylic acids is 2. The minimum Gasteiger partial charge on any atom is -0.321 e. The molecular weight excluding hydrogens is 363 g/mol. The van der Waals surface area contributed by atoms with Crippen molar-refractivity contribution in [3.8, 4) is 0 Å². The van der Waals surface area contributed by atoms with Crippen LogP contribution in [0.1, 0.15) is 38.7 Å². The Morgan fingerprint density at radius 3 is 2.56 bits per heavy atom. The van der Waals surface area contributed by atoms with Gasteiger partial charge in [0.1, 0.15) is 5.82 Å². The first-order valence-electron chi connectivity index (χ1n) is 8.58. The first-order valence-corrected chi connectivity index (χ1v) is 9.39. The van der Waals surface area contributed by atoms with Crippen molar-refractivity contribution in [1.82, 2.24) is 0 Å². The smallest absolute Gasteiger partial charge is 0.266 e. The molecule has 0 saturated heterocycles. The minimum absolute atomic E-state index is 0.104. The van der Waals surface area contributed by atoms with Crippen LogP contribution in [0, 0.1) is 12.7 Å². The fourth-order valence-corrected chi connectivity index (χ4v) is 4.59. The molecule has 0 radical (unpaired) electrons. The first kappa shape index (κ1) is 17.4. The molecule has 1 unspecified atom stereocenters. The molecule has 27 heavy (non-hydrogen) atoms. The Labute approximate surface area is 160 Å². The second-order valence-corrected chi connectivity index (χ2v) is 7.50. The molecule has 2 heterocycles. The van der Waals surface area contributed by atoms with Gasteiger partial charge < -0.3 is 10.6 Å². The van der Waals surface area contributed by atoms with Crippen LogP contribution < -0.4 is 10.6 Å². The van der Waals surface area contributed by atoms with Gasteiger partial charge in [-0.1, -0.05) is 30.3 Å². The van der Waals surface area contributed by atoms with Gasteiger partial charge in [0, 0.05) is 18.0 Å². The third kappa shape index (κ3) is 3.36. The number of para-hydroxylation sites is 1. The quantitative estimate of drug-likeness (QED) is 0.677. The Kier molecular flexibility index (Phi) is 4.49. The van der Waals surface area contributed by atoms with E-state index in [1.165, 1.54) is 23.5 Å². The standard InChI is InChI=1S/C21H17FN2O2S/c1-12-18-16(13-7-9-14(22)10-8-13)11-17(25)24-21(18)27-19(12)20(26)23-15-5-3-2-4-6-15/h2-10,16H,11H2,1H3,(H,23,26)(H,24,25). The van der Waals surface area contributed by atoms with E-state index in [2.05, 4.69) is 10.6 Å². The molecule has 136 valence electrons. The number of carbonyl (C=O) groups is 2. The van der Waals surface area contributed by atoms with Crippen LogP contribution in [0.25, 0.3) is 0 Å². The van der Waals surface area contributed by atoms with E-state index in [-0.39, 0.29) is 30.0 Å². The number of rotatable bonds is 3. The van der Waals surface area contributed by atoms with E-state index in [1.807, 2.05) is 37.3 Å². The number of hydrogen-bond donors (Lipinski definition) is 2. The summed E-state index contributed by atoms with van der Waals surface area (Å²) in [7, 11) is 0. The Bertz CT molecular complexity index is 1010. The molecule has 0 saturated carbocycles. The summed E-state index contributed by atoms with van der Waals surface area (Å²) in [5.41, 5.74) is 3.36. The molecule has 3 aromatic rings. The maximum atomic E-state index is 13.3. The van der Waals surface area contributed by atoms with Crippen LogP contribution >= 0.6 is 11.3 Å². The zero-order valence-corrected chi connectivity index (χ0v) is 15.4. The zero-order valence-electron chi connectivity index (χ0n) is 14.6. The summed E-state index contributed by atoms with van der Waals surface area (Å²) in [5.74, 6) is -0.814. The van der Waals surface area contributed by atoms with E-state index in [0.717, 1.165) is 16.7 Å². The van der Waals surface area contributed by atoms with Crippen LogP contribution in [-0.4, -0.2) is 11.8 Å². The Morgan fingerprint density at radius 1 is 1.15 bits per heavy atom. The Morgan fingerprint density at radius 2 is 1.85 bits per heavy atom. The molecule has 2 aromatic carbocycles. The summed E-state index contributed by atoms with van der Waals surface area (Å²) in [6.45, 7) is 1.89. The number of amides is 2. The molecule has 1 aliphatic heterocycles. The molecule has 0 fully saturated rings. The van der Waals surface area contributed by atoms with Crippen LogP contribution in [0.3, 0.4) is 0 Å². The van der Waals surface area contributed by atoms with Crippen molar-refractivity contribution in [3.05, 3.63) is 82.0 Å². The van der Waals surface area contributed by atoms with Crippen LogP contribution in [0.15, 0.2) is 54.6 Å². The number of anilines is 2. The molecule has 4 rings (SSSR count). The van der Waals surface area contributed by atoms with Crippen molar-refractivity contribution in [2.24, 2.45) is 0 Å². The topological polar surface area (TPSA) is 58.2 Å². The van der Waals surface area contributed by atoms with Crippen molar-refractivity contribution in [2.45, 2.75) is 19.3 Å². The van der Waals surface area contributed by atoms with Gasteiger partial charge in [-0.2, -0.15) is 0 Å². The van der Waals surface area contributed by atoms with E-state index >= 15 is 0 Å². The van der Waals surface area contributed by atoms with Gasteiger partial charge in [-0.15, -0.1) is 11.3 Å². The Balaban J connectivity index is 1.71. The van der Waals surface area contributed by atoms with E-state index in [4.69, 9.17) is 0 Å². The molecule has 4 nitrogen and oxygen atoms in total. The number of thiophene rings is 1. The summed E-state index contributed by atoms with van der Waals surface area (Å²) in [4.78, 5) is 25.5. The third-order valence-electron chi connectivity index (χ3n) is 4.69. The Hall–Kier alpha value is -2.99. The normalized spacial score (nSPS) is 15.8. The molecule has 1 aliphatic rings. The zero-order chi connectivity index (χ0) is 19.0. The van der Waals surface area contributed by atoms with Gasteiger partial charge in [-0.25, -0.2) is 4.39 Å². The van der Waals surface area contributed by atoms with E-state index < -0.39 is 0 Å². The minimum atomic E-state index is -0.316. The van der Waals surface area contributed by atoms with Gasteiger partial charge in [0.2, 0.25) is 5.91 Å². The average molecular weight is 380 g/mol. The second kappa shape index (κ2) is 6.96. The molecule has 6 heteroatoms. The highest BCUT2D eigenvalue weighted by atomic mass is 32.1. The maximum absolute atomic E-state index is 13.3. The van der Waals surface area contributed by atoms with Gasteiger partial charge in [0.15, 0.2) is 0 Å². The largest absolute Gasteiger partial charge is 0.321 e. The summed E-state index contributed by atoms with van der Waals surface area (Å²) in [6.07, 6.45) is 0.274. The highest BCUT2D eigenvalue weighted by molar-refractivity contribution is 7.18. The van der Waals surface area contributed by atoms with Crippen LogP contribution in [0.4, 0.5) is 15.1 Å². The number of fused-ring (bicyclic) bond motifs is 1. The number of hydrogen-bond acceptors (Lipinski definition) is 3. The van der Waals surface area contributed by atoms with Crippen LogP contribution in [0.2, 0.25) is 0 Å². The summed E-state index contributed by atoms with van der Waals surface area (Å²) < 4.78 is 13.3. The van der Waals surface area contributed by atoms with E-state index in [1.54, 1.807) is 12.1 Å². The molecule has 2 N–H and O–H groups in total. The first-order chi connectivity index (χ1) is 13.0. The van der Waals surface area contributed by atoms with Gasteiger partial charge in [-0.05, 0) is 47.9 Å².